The molecule has 1 rings (SSSR count). The second kappa shape index (κ2) is 5.50. The van der Waals surface area contributed by atoms with Crippen LogP contribution in [-0.2, 0) is 11.3 Å². The van der Waals surface area contributed by atoms with Crippen LogP contribution in [0.2, 0.25) is 0 Å². The molecular weight excluding hydrogens is 194 g/mol. The first kappa shape index (κ1) is 11.7. The summed E-state index contributed by atoms with van der Waals surface area (Å²) in [6, 6.07) is 1.72. The van der Waals surface area contributed by atoms with Crippen LogP contribution >= 0.6 is 0 Å². The molecule has 0 saturated carbocycles. The number of nitrogens with two attached hydrogens (primary N) is 1. The second-order valence-electron chi connectivity index (χ2n) is 3.58. The van der Waals surface area contributed by atoms with Crippen LogP contribution in [-0.4, -0.2) is 17.1 Å². The molecule has 0 fully saturated rings. The van der Waals surface area contributed by atoms with Gasteiger partial charge in [0, 0.05) is 18.5 Å². The number of hydrogen-bond donors (Lipinski definition) is 2. The van der Waals surface area contributed by atoms with Gasteiger partial charge < -0.3 is 15.6 Å². The van der Waals surface area contributed by atoms with Crippen LogP contribution in [0.25, 0.3) is 0 Å². The van der Waals surface area contributed by atoms with Gasteiger partial charge in [0.1, 0.15) is 0 Å². The summed E-state index contributed by atoms with van der Waals surface area (Å²) in [5, 5.41) is 6.45. The maximum absolute atomic E-state index is 11.3. The third-order valence-corrected chi connectivity index (χ3v) is 2.11. The van der Waals surface area contributed by atoms with Crippen molar-refractivity contribution in [1.82, 2.24) is 10.5 Å². The summed E-state index contributed by atoms with van der Waals surface area (Å²) in [7, 11) is 0. The smallest absolute Gasteiger partial charge is 0.221 e. The molecule has 1 aromatic rings. The van der Waals surface area contributed by atoms with E-state index >= 15 is 0 Å². The van der Waals surface area contributed by atoms with E-state index in [1.165, 1.54) is 0 Å². The zero-order valence-electron chi connectivity index (χ0n) is 9.12. The Morgan fingerprint density at radius 3 is 3.00 bits per heavy atom. The Hall–Kier alpha value is -1.36. The summed E-state index contributed by atoms with van der Waals surface area (Å²) in [6.45, 7) is 4.16. The van der Waals surface area contributed by atoms with Gasteiger partial charge in [0.2, 0.25) is 5.91 Å². The summed E-state index contributed by atoms with van der Waals surface area (Å²) < 4.78 is 4.95. The number of nitrogens with one attached hydrogen (secondary N) is 1. The van der Waals surface area contributed by atoms with Crippen LogP contribution in [0, 0.1) is 6.92 Å². The molecule has 0 aliphatic rings. The Labute approximate surface area is 89.0 Å². The number of carbonyl (C=O) groups excluding carboxylic acids is 1. The van der Waals surface area contributed by atoms with Gasteiger partial charge in [-0.2, -0.15) is 0 Å². The number of carbonyl (C=O) groups is 1. The fourth-order valence-corrected chi connectivity index (χ4v) is 1.14. The van der Waals surface area contributed by atoms with Crippen molar-refractivity contribution in [2.24, 2.45) is 5.73 Å². The molecule has 0 bridgehead atoms. The first-order valence-corrected chi connectivity index (χ1v) is 5.06. The van der Waals surface area contributed by atoms with Crippen molar-refractivity contribution in [2.45, 2.75) is 39.3 Å². The van der Waals surface area contributed by atoms with Gasteiger partial charge in [0.15, 0.2) is 5.76 Å². The van der Waals surface area contributed by atoms with Crippen molar-refractivity contribution >= 4 is 5.91 Å². The number of nitrogens with zero attached hydrogens (tertiary/aromatic N) is 1. The van der Waals surface area contributed by atoms with Gasteiger partial charge in [-0.3, -0.25) is 4.79 Å². The molecule has 5 nitrogen and oxygen atoms in total. The molecule has 0 radical (unpaired) electrons. The molecular formula is C10H17N3O2. The van der Waals surface area contributed by atoms with Crippen LogP contribution < -0.4 is 11.1 Å². The normalized spacial score (nSPS) is 12.5. The molecule has 0 saturated heterocycles. The van der Waals surface area contributed by atoms with Gasteiger partial charge in [-0.1, -0.05) is 12.1 Å². The maximum Gasteiger partial charge on any atom is 0.221 e. The first-order chi connectivity index (χ1) is 7.11. The van der Waals surface area contributed by atoms with E-state index in [0.717, 1.165) is 12.1 Å². The Morgan fingerprint density at radius 2 is 2.47 bits per heavy atom. The monoisotopic (exact) mass is 211 g/mol. The molecule has 1 atom stereocenters. The van der Waals surface area contributed by atoms with Crippen molar-refractivity contribution in [3.8, 4) is 0 Å². The minimum absolute atomic E-state index is 0.0570. The van der Waals surface area contributed by atoms with Gasteiger partial charge >= 0.3 is 0 Å². The Kier molecular flexibility index (Phi) is 4.30. The summed E-state index contributed by atoms with van der Waals surface area (Å²) in [4.78, 5) is 11.3. The number of amides is 1. The summed E-state index contributed by atoms with van der Waals surface area (Å²) >= 11 is 0. The van der Waals surface area contributed by atoms with E-state index in [2.05, 4.69) is 10.5 Å². The third-order valence-electron chi connectivity index (χ3n) is 2.11. The number of rotatable bonds is 5. The van der Waals surface area contributed by atoms with Gasteiger partial charge in [-0.15, -0.1) is 0 Å². The van der Waals surface area contributed by atoms with Gasteiger partial charge in [0.25, 0.3) is 0 Å². The first-order valence-electron chi connectivity index (χ1n) is 5.06. The lowest BCUT2D eigenvalue weighted by Crippen LogP contribution is -2.30. The lowest BCUT2D eigenvalue weighted by molar-refractivity contribution is -0.121. The van der Waals surface area contributed by atoms with Crippen LogP contribution in [0.3, 0.4) is 0 Å². The van der Waals surface area contributed by atoms with Gasteiger partial charge in [-0.05, 0) is 13.3 Å². The molecule has 0 aromatic carbocycles. The Bertz CT molecular complexity index is 322. The van der Waals surface area contributed by atoms with E-state index in [4.69, 9.17) is 10.3 Å². The second-order valence-corrected chi connectivity index (χ2v) is 3.58. The molecule has 1 amide bonds. The highest BCUT2D eigenvalue weighted by Crippen LogP contribution is 2.01. The summed E-state index contributed by atoms with van der Waals surface area (Å²) in [6.07, 6.45) is 1.15. The highest BCUT2D eigenvalue weighted by atomic mass is 16.5. The average Bonchev–Trinajstić information content (AvgIpc) is 2.61. The van der Waals surface area contributed by atoms with Crippen molar-refractivity contribution in [2.75, 3.05) is 0 Å². The summed E-state index contributed by atoms with van der Waals surface area (Å²) in [5.41, 5.74) is 6.46. The topological polar surface area (TPSA) is 81.2 Å². The molecule has 0 spiro atoms. The van der Waals surface area contributed by atoms with Crippen LogP contribution in [0.5, 0.6) is 0 Å². The van der Waals surface area contributed by atoms with Gasteiger partial charge in [-0.25, -0.2) is 0 Å². The van der Waals surface area contributed by atoms with Crippen molar-refractivity contribution in [3.05, 3.63) is 17.5 Å². The van der Waals surface area contributed by atoms with Crippen LogP contribution in [0.4, 0.5) is 0 Å². The number of hydrogen-bond acceptors (Lipinski definition) is 4. The minimum Gasteiger partial charge on any atom is -0.359 e. The van der Waals surface area contributed by atoms with E-state index in [1.807, 2.05) is 13.8 Å². The van der Waals surface area contributed by atoms with Crippen molar-refractivity contribution in [3.63, 3.8) is 0 Å². The lowest BCUT2D eigenvalue weighted by Gasteiger charge is -2.07. The predicted molar refractivity (Wildman–Crippen MR) is 56.0 cm³/mol. The Balaban J connectivity index is 2.28. The van der Waals surface area contributed by atoms with Crippen LogP contribution in [0.1, 0.15) is 31.2 Å². The molecule has 5 heteroatoms. The quantitative estimate of drug-likeness (QED) is 0.752. The van der Waals surface area contributed by atoms with E-state index < -0.39 is 0 Å². The van der Waals surface area contributed by atoms with Crippen LogP contribution in [0.15, 0.2) is 10.6 Å². The van der Waals surface area contributed by atoms with E-state index in [9.17, 15) is 4.79 Å². The largest absolute Gasteiger partial charge is 0.359 e. The number of aryl methyl sites for hydroxylation is 1. The van der Waals surface area contributed by atoms with Crippen molar-refractivity contribution < 1.29 is 9.32 Å². The molecule has 15 heavy (non-hydrogen) atoms. The standard InChI is InChI=1S/C10H17N3O2/c1-3-8(11)5-10(14)12-6-9-4-7(2)13-15-9/h4,8H,3,5-6,11H2,1-2H3,(H,12,14). The summed E-state index contributed by atoms with van der Waals surface area (Å²) in [5.74, 6) is 0.601. The molecule has 1 aromatic heterocycles. The molecule has 84 valence electrons. The minimum atomic E-state index is -0.0681. The van der Waals surface area contributed by atoms with Gasteiger partial charge in [0.05, 0.1) is 12.2 Å². The Morgan fingerprint density at radius 1 is 1.73 bits per heavy atom. The predicted octanol–water partition coefficient (Wildman–Crippen LogP) is 0.727. The average molecular weight is 211 g/mol. The SMILES string of the molecule is CCC(N)CC(=O)NCc1cc(C)no1. The molecule has 0 aliphatic heterocycles. The highest BCUT2D eigenvalue weighted by molar-refractivity contribution is 5.76. The fourth-order valence-electron chi connectivity index (χ4n) is 1.14. The molecule has 1 unspecified atom stereocenters. The zero-order valence-corrected chi connectivity index (χ0v) is 9.12. The zero-order chi connectivity index (χ0) is 11.3. The van der Waals surface area contributed by atoms with E-state index in [1.54, 1.807) is 6.07 Å². The van der Waals surface area contributed by atoms with E-state index in [0.29, 0.717) is 18.7 Å². The highest BCUT2D eigenvalue weighted by Gasteiger charge is 2.08. The van der Waals surface area contributed by atoms with Crippen molar-refractivity contribution in [1.29, 1.82) is 0 Å². The lowest BCUT2D eigenvalue weighted by atomic mass is 10.1. The molecule has 0 aliphatic carbocycles. The molecule has 1 heterocycles. The maximum atomic E-state index is 11.3. The number of aromatic nitrogens is 1. The third kappa shape index (κ3) is 4.12. The fraction of sp³-hybridized carbons (Fsp3) is 0.600. The van der Waals surface area contributed by atoms with E-state index in [-0.39, 0.29) is 11.9 Å². The molecule has 3 N–H and O–H groups in total.